The van der Waals surface area contributed by atoms with E-state index in [0.29, 0.717) is 11.3 Å². The number of anilines is 2. The molecule has 0 bridgehead atoms. The molecule has 1 amide bonds. The van der Waals surface area contributed by atoms with Crippen molar-refractivity contribution in [3.8, 4) is 11.5 Å². The zero-order valence-electron chi connectivity index (χ0n) is 16.9. The fraction of sp³-hybridized carbons (Fsp3) is 0.240. The molecule has 2 aliphatic heterocycles. The van der Waals surface area contributed by atoms with Crippen LogP contribution in [-0.2, 0) is 6.42 Å². The molecule has 30 heavy (non-hydrogen) atoms. The fourth-order valence-electron chi connectivity index (χ4n) is 4.04. The number of hydrogen-bond donors (Lipinski definition) is 1. The summed E-state index contributed by atoms with van der Waals surface area (Å²) in [4.78, 5) is 15.3. The summed E-state index contributed by atoms with van der Waals surface area (Å²) >= 11 is 0. The van der Waals surface area contributed by atoms with Gasteiger partial charge in [0, 0.05) is 11.4 Å². The Balaban J connectivity index is 1.55. The molecular weight excluding hydrogens is 376 g/mol. The van der Waals surface area contributed by atoms with Gasteiger partial charge in [0.2, 0.25) is 6.79 Å². The van der Waals surface area contributed by atoms with Crippen molar-refractivity contribution in [2.45, 2.75) is 32.4 Å². The third-order valence-electron chi connectivity index (χ3n) is 5.67. The fourth-order valence-corrected chi connectivity index (χ4v) is 4.04. The maximum atomic E-state index is 13.5. The highest BCUT2D eigenvalue weighted by molar-refractivity contribution is 6.12. The number of carbonyl (C=O) groups excluding carboxylic acids is 1. The minimum absolute atomic E-state index is 0.0201. The van der Waals surface area contributed by atoms with E-state index in [1.165, 1.54) is 12.0 Å². The molecule has 0 saturated heterocycles. The van der Waals surface area contributed by atoms with Gasteiger partial charge in [-0.2, -0.15) is 0 Å². The molecule has 5 heteroatoms. The number of para-hydroxylation sites is 1. The number of hydrogen-bond acceptors (Lipinski definition) is 4. The lowest BCUT2D eigenvalue weighted by Crippen LogP contribution is -2.43. The van der Waals surface area contributed by atoms with E-state index in [1.807, 2.05) is 59.5 Å². The van der Waals surface area contributed by atoms with Crippen molar-refractivity contribution < 1.29 is 14.3 Å². The Morgan fingerprint density at radius 3 is 2.63 bits per heavy atom. The minimum Gasteiger partial charge on any atom is -0.454 e. The van der Waals surface area contributed by atoms with Crippen LogP contribution in [0.3, 0.4) is 0 Å². The molecule has 5 nitrogen and oxygen atoms in total. The Kier molecular flexibility index (Phi) is 4.79. The lowest BCUT2D eigenvalue weighted by atomic mass is 10.0. The first-order chi connectivity index (χ1) is 14.7. The lowest BCUT2D eigenvalue weighted by Gasteiger charge is -2.38. The Morgan fingerprint density at radius 2 is 1.80 bits per heavy atom. The summed E-state index contributed by atoms with van der Waals surface area (Å²) in [6.07, 6.45) is 3.04. The summed E-state index contributed by atoms with van der Waals surface area (Å²) in [5, 5.41) is 3.54. The van der Waals surface area contributed by atoms with Crippen molar-refractivity contribution >= 4 is 17.3 Å². The lowest BCUT2D eigenvalue weighted by molar-refractivity contribution is 0.0975. The Morgan fingerprint density at radius 1 is 1.00 bits per heavy atom. The molecule has 0 fully saturated rings. The smallest absolute Gasteiger partial charge is 0.262 e. The van der Waals surface area contributed by atoms with Crippen molar-refractivity contribution in [1.82, 2.24) is 0 Å². The van der Waals surface area contributed by atoms with E-state index in [9.17, 15) is 4.79 Å². The second-order valence-corrected chi connectivity index (χ2v) is 7.65. The van der Waals surface area contributed by atoms with Gasteiger partial charge in [0.1, 0.15) is 6.17 Å². The van der Waals surface area contributed by atoms with Gasteiger partial charge >= 0.3 is 0 Å². The first-order valence-electron chi connectivity index (χ1n) is 10.4. The summed E-state index contributed by atoms with van der Waals surface area (Å²) in [5.74, 6) is 1.41. The molecule has 2 aliphatic rings. The second-order valence-electron chi connectivity index (χ2n) is 7.65. The first-order valence-corrected chi connectivity index (χ1v) is 10.4. The van der Waals surface area contributed by atoms with E-state index in [4.69, 9.17) is 9.47 Å². The van der Waals surface area contributed by atoms with Gasteiger partial charge in [-0.15, -0.1) is 0 Å². The summed E-state index contributed by atoms with van der Waals surface area (Å²) < 4.78 is 11.0. The van der Waals surface area contributed by atoms with E-state index in [0.717, 1.165) is 35.5 Å². The summed E-state index contributed by atoms with van der Waals surface area (Å²) in [7, 11) is 0. The van der Waals surface area contributed by atoms with Crippen molar-refractivity contribution in [1.29, 1.82) is 0 Å². The van der Waals surface area contributed by atoms with Gasteiger partial charge in [-0.25, -0.2) is 0 Å². The predicted octanol–water partition coefficient (Wildman–Crippen LogP) is 5.53. The number of rotatable bonds is 5. The van der Waals surface area contributed by atoms with E-state index < -0.39 is 0 Å². The van der Waals surface area contributed by atoms with Crippen LogP contribution >= 0.6 is 0 Å². The quantitative estimate of drug-likeness (QED) is 0.612. The molecule has 0 saturated carbocycles. The van der Waals surface area contributed by atoms with Crippen molar-refractivity contribution in [2.75, 3.05) is 17.0 Å². The van der Waals surface area contributed by atoms with E-state index in [1.54, 1.807) is 0 Å². The van der Waals surface area contributed by atoms with Gasteiger partial charge in [0.25, 0.3) is 5.91 Å². The SMILES string of the molecule is CCCCc1ccc(N2C(=O)c3ccccc3N[C@@H]2c2ccc3c(c2)OCO3)cc1. The third-order valence-corrected chi connectivity index (χ3v) is 5.67. The van der Waals surface area contributed by atoms with Crippen LogP contribution in [0.25, 0.3) is 0 Å². The molecule has 152 valence electrons. The third kappa shape index (κ3) is 3.26. The molecule has 2 heterocycles. The van der Waals surface area contributed by atoms with Gasteiger partial charge in [-0.3, -0.25) is 9.69 Å². The van der Waals surface area contributed by atoms with Gasteiger partial charge in [-0.05, 0) is 60.4 Å². The Labute approximate surface area is 176 Å². The number of ether oxygens (including phenoxy) is 2. The van der Waals surface area contributed by atoms with Crippen LogP contribution in [0.4, 0.5) is 11.4 Å². The van der Waals surface area contributed by atoms with Crippen LogP contribution in [-0.4, -0.2) is 12.7 Å². The summed E-state index contributed by atoms with van der Waals surface area (Å²) in [6, 6.07) is 21.8. The number of unbranched alkanes of at least 4 members (excludes halogenated alkanes) is 1. The standard InChI is InChI=1S/C25H24N2O3/c1-2-3-6-17-9-12-19(13-10-17)27-24(18-11-14-22-23(15-18)30-16-29-22)26-21-8-5-4-7-20(21)25(27)28/h4-5,7-15,24,26H,2-3,6,16H2,1H3/t24-/m0/s1. The van der Waals surface area contributed by atoms with Gasteiger partial charge in [-0.1, -0.05) is 43.7 Å². The Hall–Kier alpha value is -3.47. The molecule has 1 atom stereocenters. The van der Waals surface area contributed by atoms with Gasteiger partial charge < -0.3 is 14.8 Å². The van der Waals surface area contributed by atoms with Crippen molar-refractivity contribution in [3.63, 3.8) is 0 Å². The molecule has 0 aromatic heterocycles. The van der Waals surface area contributed by atoms with E-state index in [-0.39, 0.29) is 18.9 Å². The number of benzene rings is 3. The molecule has 3 aromatic carbocycles. The number of amides is 1. The zero-order chi connectivity index (χ0) is 20.5. The zero-order valence-corrected chi connectivity index (χ0v) is 16.9. The monoisotopic (exact) mass is 400 g/mol. The molecular formula is C25H24N2O3. The largest absolute Gasteiger partial charge is 0.454 e. The second kappa shape index (κ2) is 7.75. The number of nitrogens with one attached hydrogen (secondary N) is 1. The van der Waals surface area contributed by atoms with Crippen LogP contribution < -0.4 is 19.7 Å². The molecule has 3 aromatic rings. The number of carbonyl (C=O) groups is 1. The van der Waals surface area contributed by atoms with Gasteiger partial charge in [0.05, 0.1) is 5.56 Å². The van der Waals surface area contributed by atoms with Crippen molar-refractivity contribution in [2.24, 2.45) is 0 Å². The Bertz CT molecular complexity index is 1080. The molecule has 0 radical (unpaired) electrons. The normalized spacial score (nSPS) is 16.9. The summed E-state index contributed by atoms with van der Waals surface area (Å²) in [6.45, 7) is 2.42. The highest BCUT2D eigenvalue weighted by atomic mass is 16.7. The average molecular weight is 400 g/mol. The predicted molar refractivity (Wildman–Crippen MR) is 117 cm³/mol. The molecule has 0 unspecified atom stereocenters. The van der Waals surface area contributed by atoms with E-state index >= 15 is 0 Å². The average Bonchev–Trinajstić information content (AvgIpc) is 3.26. The molecule has 0 aliphatic carbocycles. The highest BCUT2D eigenvalue weighted by Crippen LogP contribution is 2.40. The van der Waals surface area contributed by atoms with Crippen LogP contribution in [0.15, 0.2) is 66.7 Å². The van der Waals surface area contributed by atoms with Crippen LogP contribution in [0, 0.1) is 0 Å². The number of nitrogens with zero attached hydrogens (tertiary/aromatic N) is 1. The van der Waals surface area contributed by atoms with Crippen molar-refractivity contribution in [3.05, 3.63) is 83.4 Å². The summed E-state index contributed by atoms with van der Waals surface area (Å²) in [5.41, 5.74) is 4.60. The molecule has 0 spiro atoms. The highest BCUT2D eigenvalue weighted by Gasteiger charge is 2.34. The molecule has 1 N–H and O–H groups in total. The minimum atomic E-state index is -0.344. The maximum absolute atomic E-state index is 13.5. The van der Waals surface area contributed by atoms with Crippen LogP contribution in [0.1, 0.15) is 47.4 Å². The van der Waals surface area contributed by atoms with Crippen LogP contribution in [0.5, 0.6) is 11.5 Å². The number of aryl methyl sites for hydroxylation is 1. The molecule has 5 rings (SSSR count). The maximum Gasteiger partial charge on any atom is 0.262 e. The van der Waals surface area contributed by atoms with E-state index in [2.05, 4.69) is 24.4 Å². The van der Waals surface area contributed by atoms with Crippen LogP contribution in [0.2, 0.25) is 0 Å². The first kappa shape index (κ1) is 18.6. The number of fused-ring (bicyclic) bond motifs is 2. The van der Waals surface area contributed by atoms with Gasteiger partial charge in [0.15, 0.2) is 11.5 Å². The topological polar surface area (TPSA) is 50.8 Å².